The minimum Gasteiger partial charge on any atom is -0.363 e. The van der Waals surface area contributed by atoms with Gasteiger partial charge < -0.3 is 15.7 Å². The zero-order valence-corrected chi connectivity index (χ0v) is 14.5. The first-order chi connectivity index (χ1) is 12.1. The minimum atomic E-state index is -5.27. The van der Waals surface area contributed by atoms with Gasteiger partial charge in [-0.2, -0.15) is 13.2 Å². The number of hydrogen-bond acceptors (Lipinski definition) is 4. The summed E-state index contributed by atoms with van der Waals surface area (Å²) in [5.41, 5.74) is -3.51. The normalized spacial score (nSPS) is 26.1. The van der Waals surface area contributed by atoms with E-state index in [2.05, 4.69) is 5.32 Å². The smallest absolute Gasteiger partial charge is 0.363 e. The lowest BCUT2D eigenvalue weighted by atomic mass is 9.78. The summed E-state index contributed by atoms with van der Waals surface area (Å²) in [7, 11) is 0. The number of hydrogen-bond donors (Lipinski definition) is 3. The fourth-order valence-electron chi connectivity index (χ4n) is 2.86. The average Bonchev–Trinajstić information content (AvgIpc) is 3.08. The molecular weight excluding hydrogens is 393 g/mol. The number of alkyl halides is 3. The number of rotatable bonds is 3. The van der Waals surface area contributed by atoms with E-state index < -0.39 is 35.7 Å². The molecule has 2 heterocycles. The standard InChI is InChI=1S/C16H12ClF3N2O3S/c17-9-5-3-8(4-6-9)12-11(13(23)10-2-1-7-26-10)15(25,16(18,19)20)22-14(24)21-12/h1-7,11-12,25H,(H2,21,22,24)/t11-,12-,15+/m0/s1. The maximum absolute atomic E-state index is 13.6. The number of carbonyl (C=O) groups is 2. The number of halogens is 4. The molecule has 0 unspecified atom stereocenters. The highest BCUT2D eigenvalue weighted by atomic mass is 35.5. The third-order valence-corrected chi connectivity index (χ3v) is 5.22. The summed E-state index contributed by atoms with van der Waals surface area (Å²) in [4.78, 5) is 24.7. The Morgan fingerprint density at radius 1 is 1.23 bits per heavy atom. The second-order valence-corrected chi connectivity index (χ2v) is 7.10. The van der Waals surface area contributed by atoms with Crippen molar-refractivity contribution in [3.05, 3.63) is 57.2 Å². The van der Waals surface area contributed by atoms with Gasteiger partial charge in [-0.1, -0.05) is 29.8 Å². The minimum absolute atomic E-state index is 0.0367. The summed E-state index contributed by atoms with van der Waals surface area (Å²) in [6, 6.07) is 5.86. The van der Waals surface area contributed by atoms with E-state index in [0.29, 0.717) is 5.02 Å². The van der Waals surface area contributed by atoms with Crippen LogP contribution in [0.5, 0.6) is 0 Å². The van der Waals surface area contributed by atoms with Crippen molar-refractivity contribution in [2.24, 2.45) is 5.92 Å². The van der Waals surface area contributed by atoms with E-state index in [0.717, 1.165) is 11.3 Å². The number of benzene rings is 1. The fourth-order valence-corrected chi connectivity index (χ4v) is 3.69. The molecule has 138 valence electrons. The van der Waals surface area contributed by atoms with Gasteiger partial charge in [-0.25, -0.2) is 4.79 Å². The Morgan fingerprint density at radius 3 is 2.42 bits per heavy atom. The van der Waals surface area contributed by atoms with Gasteiger partial charge in [0.15, 0.2) is 5.78 Å². The third kappa shape index (κ3) is 3.17. The second kappa shape index (κ2) is 6.57. The molecule has 10 heteroatoms. The van der Waals surface area contributed by atoms with E-state index in [1.165, 1.54) is 47.1 Å². The number of thiophene rings is 1. The van der Waals surface area contributed by atoms with Crippen LogP contribution in [0.2, 0.25) is 5.02 Å². The molecule has 1 aliphatic heterocycles. The first-order valence-corrected chi connectivity index (χ1v) is 8.60. The van der Waals surface area contributed by atoms with Crippen LogP contribution in [-0.4, -0.2) is 28.8 Å². The maximum Gasteiger partial charge on any atom is 0.437 e. The Labute approximate surface area is 154 Å². The van der Waals surface area contributed by atoms with E-state index in [1.54, 1.807) is 0 Å². The molecule has 2 aromatic rings. The molecule has 3 atom stereocenters. The number of urea groups is 1. The highest BCUT2D eigenvalue weighted by molar-refractivity contribution is 7.12. The molecule has 5 nitrogen and oxygen atoms in total. The molecule has 1 aliphatic rings. The molecule has 1 aromatic carbocycles. The highest BCUT2D eigenvalue weighted by Gasteiger charge is 2.66. The number of ketones is 1. The molecule has 0 radical (unpaired) electrons. The van der Waals surface area contributed by atoms with E-state index in [9.17, 15) is 27.9 Å². The third-order valence-electron chi connectivity index (χ3n) is 4.08. The fraction of sp³-hybridized carbons (Fsp3) is 0.250. The molecule has 0 aliphatic carbocycles. The van der Waals surface area contributed by atoms with Gasteiger partial charge in [-0.15, -0.1) is 11.3 Å². The van der Waals surface area contributed by atoms with Crippen molar-refractivity contribution < 1.29 is 27.9 Å². The van der Waals surface area contributed by atoms with Crippen molar-refractivity contribution in [1.29, 1.82) is 0 Å². The largest absolute Gasteiger partial charge is 0.437 e. The Morgan fingerprint density at radius 2 is 1.88 bits per heavy atom. The lowest BCUT2D eigenvalue weighted by Crippen LogP contribution is -2.72. The van der Waals surface area contributed by atoms with Crippen molar-refractivity contribution in [3.63, 3.8) is 0 Å². The molecule has 0 bridgehead atoms. The van der Waals surface area contributed by atoms with Crippen LogP contribution < -0.4 is 10.6 Å². The van der Waals surface area contributed by atoms with Gasteiger partial charge in [-0.05, 0) is 29.1 Å². The summed E-state index contributed by atoms with van der Waals surface area (Å²) in [5.74, 6) is -2.97. The number of aliphatic hydroxyl groups is 1. The van der Waals surface area contributed by atoms with Crippen LogP contribution in [0, 0.1) is 5.92 Å². The summed E-state index contributed by atoms with van der Waals surface area (Å²) in [5, 5.41) is 16.0. The maximum atomic E-state index is 13.6. The van der Waals surface area contributed by atoms with Crippen LogP contribution in [-0.2, 0) is 0 Å². The van der Waals surface area contributed by atoms with Gasteiger partial charge in [0, 0.05) is 5.02 Å². The lowest BCUT2D eigenvalue weighted by molar-refractivity contribution is -0.287. The van der Waals surface area contributed by atoms with Crippen molar-refractivity contribution in [2.75, 3.05) is 0 Å². The Kier molecular flexibility index (Phi) is 4.72. The molecule has 1 fully saturated rings. The molecule has 2 amide bonds. The number of carbonyl (C=O) groups excluding carboxylic acids is 2. The van der Waals surface area contributed by atoms with Gasteiger partial charge in [0.1, 0.15) is 5.92 Å². The topological polar surface area (TPSA) is 78.4 Å². The average molecular weight is 405 g/mol. The van der Waals surface area contributed by atoms with Crippen LogP contribution >= 0.6 is 22.9 Å². The van der Waals surface area contributed by atoms with Gasteiger partial charge in [0.2, 0.25) is 5.72 Å². The SMILES string of the molecule is O=C1N[C@@H](c2ccc(Cl)cc2)[C@@H](C(=O)c2cccs2)[C@@](O)(C(F)(F)F)N1. The van der Waals surface area contributed by atoms with E-state index >= 15 is 0 Å². The molecule has 0 saturated carbocycles. The molecule has 1 saturated heterocycles. The van der Waals surface area contributed by atoms with Crippen LogP contribution in [0.4, 0.5) is 18.0 Å². The first kappa shape index (κ1) is 18.7. The molecule has 0 spiro atoms. The molecule has 3 rings (SSSR count). The Bertz CT molecular complexity index is 826. The van der Waals surface area contributed by atoms with E-state index in [4.69, 9.17) is 11.6 Å². The van der Waals surface area contributed by atoms with Gasteiger partial charge >= 0.3 is 12.2 Å². The van der Waals surface area contributed by atoms with Crippen LogP contribution in [0.15, 0.2) is 41.8 Å². The second-order valence-electron chi connectivity index (χ2n) is 5.71. The zero-order valence-electron chi connectivity index (χ0n) is 12.9. The highest BCUT2D eigenvalue weighted by Crippen LogP contribution is 2.44. The van der Waals surface area contributed by atoms with Crippen molar-refractivity contribution >= 4 is 34.8 Å². The molecule has 26 heavy (non-hydrogen) atoms. The van der Waals surface area contributed by atoms with E-state index in [-0.39, 0.29) is 10.4 Å². The number of nitrogens with one attached hydrogen (secondary N) is 2. The van der Waals surface area contributed by atoms with Crippen LogP contribution in [0.25, 0.3) is 0 Å². The summed E-state index contributed by atoms with van der Waals surface area (Å²) in [6.07, 6.45) is -5.27. The zero-order chi connectivity index (χ0) is 19.1. The molecule has 1 aromatic heterocycles. The van der Waals surface area contributed by atoms with Crippen LogP contribution in [0.1, 0.15) is 21.3 Å². The van der Waals surface area contributed by atoms with E-state index in [1.807, 2.05) is 0 Å². The lowest BCUT2D eigenvalue weighted by Gasteiger charge is -2.44. The van der Waals surface area contributed by atoms with Gasteiger partial charge in [0.05, 0.1) is 10.9 Å². The summed E-state index contributed by atoms with van der Waals surface area (Å²) >= 11 is 6.74. The van der Waals surface area contributed by atoms with Gasteiger partial charge in [-0.3, -0.25) is 4.79 Å². The quantitative estimate of drug-likeness (QED) is 0.685. The molecule has 3 N–H and O–H groups in total. The molecular formula is C16H12ClF3N2O3S. The predicted molar refractivity (Wildman–Crippen MR) is 89.0 cm³/mol. The summed E-state index contributed by atoms with van der Waals surface area (Å²) < 4.78 is 40.9. The van der Waals surface area contributed by atoms with Crippen molar-refractivity contribution in [2.45, 2.75) is 17.9 Å². The Hall–Kier alpha value is -2.10. The predicted octanol–water partition coefficient (Wildman–Crippen LogP) is 3.51. The van der Waals surface area contributed by atoms with Crippen molar-refractivity contribution in [3.8, 4) is 0 Å². The first-order valence-electron chi connectivity index (χ1n) is 7.34. The van der Waals surface area contributed by atoms with Crippen LogP contribution in [0.3, 0.4) is 0 Å². The summed E-state index contributed by atoms with van der Waals surface area (Å²) in [6.45, 7) is 0. The Balaban J connectivity index is 2.14. The van der Waals surface area contributed by atoms with Gasteiger partial charge in [0.25, 0.3) is 0 Å². The van der Waals surface area contributed by atoms with Crippen molar-refractivity contribution in [1.82, 2.24) is 10.6 Å². The number of amides is 2. The monoisotopic (exact) mass is 404 g/mol. The number of Topliss-reactive ketones (excluding diaryl/α,β-unsaturated/α-hetero) is 1.